The Morgan fingerprint density at radius 2 is 2.00 bits per heavy atom. The molecule has 3 aromatic rings. The van der Waals surface area contributed by atoms with Crippen LogP contribution < -0.4 is 10.8 Å². The number of anilines is 2. The lowest BCUT2D eigenvalue weighted by Crippen LogP contribution is -2.40. The first-order valence-corrected chi connectivity index (χ1v) is 12.9. The van der Waals surface area contributed by atoms with Crippen molar-refractivity contribution in [2.45, 2.75) is 45.1 Å². The number of ether oxygens (including phenoxy) is 2. The van der Waals surface area contributed by atoms with Gasteiger partial charge in [0.05, 0.1) is 18.4 Å². The summed E-state index contributed by atoms with van der Waals surface area (Å²) >= 11 is 0. The highest BCUT2D eigenvalue weighted by Gasteiger charge is 2.19. The number of nitrogens with one attached hydrogen (secondary N) is 2. The minimum atomic E-state index is -0.405. The van der Waals surface area contributed by atoms with E-state index in [1.165, 1.54) is 6.07 Å². The summed E-state index contributed by atoms with van der Waals surface area (Å²) in [4.78, 5) is 28.8. The molecule has 5 rings (SSSR count). The highest BCUT2D eigenvalue weighted by molar-refractivity contribution is 5.93. The fraction of sp³-hybridized carbons (Fsp3) is 0.393. The molecule has 2 atom stereocenters. The van der Waals surface area contributed by atoms with Gasteiger partial charge in [0.2, 0.25) is 5.95 Å². The van der Waals surface area contributed by atoms with Crippen molar-refractivity contribution < 1.29 is 23.5 Å². The van der Waals surface area contributed by atoms with Crippen molar-refractivity contribution in [1.82, 2.24) is 20.3 Å². The summed E-state index contributed by atoms with van der Waals surface area (Å²) in [7, 11) is 0. The first-order valence-electron chi connectivity index (χ1n) is 12.9. The van der Waals surface area contributed by atoms with E-state index in [4.69, 9.17) is 14.3 Å². The van der Waals surface area contributed by atoms with Crippen molar-refractivity contribution in [2.24, 2.45) is 0 Å². The molecule has 200 valence electrons. The van der Waals surface area contributed by atoms with E-state index in [1.807, 2.05) is 13.0 Å². The molecule has 38 heavy (non-hydrogen) atoms. The van der Waals surface area contributed by atoms with Crippen LogP contribution in [0.5, 0.6) is 0 Å². The van der Waals surface area contributed by atoms with Crippen LogP contribution in [0.2, 0.25) is 0 Å². The first kappa shape index (κ1) is 26.2. The van der Waals surface area contributed by atoms with Gasteiger partial charge in [-0.15, -0.1) is 0 Å². The molecule has 9 nitrogen and oxygen atoms in total. The second-order valence-corrected chi connectivity index (χ2v) is 9.54. The molecule has 0 bridgehead atoms. The molecular weight excluding hydrogens is 489 g/mol. The molecule has 0 aliphatic carbocycles. The van der Waals surface area contributed by atoms with Crippen molar-refractivity contribution in [3.05, 3.63) is 71.7 Å². The van der Waals surface area contributed by atoms with Crippen molar-refractivity contribution in [3.8, 4) is 11.3 Å². The quantitative estimate of drug-likeness (QED) is 0.420. The van der Waals surface area contributed by atoms with E-state index < -0.39 is 6.29 Å². The van der Waals surface area contributed by atoms with Crippen molar-refractivity contribution in [2.75, 3.05) is 31.6 Å². The zero-order valence-corrected chi connectivity index (χ0v) is 21.4. The van der Waals surface area contributed by atoms with E-state index in [2.05, 4.69) is 25.7 Å². The number of hydrogen-bond acceptors (Lipinski definition) is 8. The van der Waals surface area contributed by atoms with Crippen LogP contribution >= 0.6 is 0 Å². The highest BCUT2D eigenvalue weighted by atomic mass is 19.1. The molecule has 2 aromatic carbocycles. The maximum absolute atomic E-state index is 14.8. The number of nitrogens with zero attached hydrogens (tertiary/aromatic N) is 3. The molecule has 3 heterocycles. The molecular formula is C28H32FN5O4. The van der Waals surface area contributed by atoms with Crippen molar-refractivity contribution in [3.63, 3.8) is 0 Å². The van der Waals surface area contributed by atoms with Gasteiger partial charge in [0.1, 0.15) is 5.82 Å². The van der Waals surface area contributed by atoms with Crippen LogP contribution in [0.15, 0.2) is 54.7 Å². The molecule has 0 spiro atoms. The summed E-state index contributed by atoms with van der Waals surface area (Å²) in [6.45, 7) is 5.45. The molecule has 2 N–H and O–H groups in total. The fourth-order valence-corrected chi connectivity index (χ4v) is 4.51. The molecule has 0 radical (unpaired) electrons. The Bertz CT molecular complexity index is 1240. The molecule has 2 aliphatic rings. The van der Waals surface area contributed by atoms with Crippen molar-refractivity contribution >= 4 is 17.5 Å². The van der Waals surface area contributed by atoms with Crippen molar-refractivity contribution in [1.29, 1.82) is 0 Å². The number of morpholine rings is 1. The van der Waals surface area contributed by atoms with Gasteiger partial charge in [-0.3, -0.25) is 9.69 Å². The van der Waals surface area contributed by atoms with E-state index >= 15 is 0 Å². The van der Waals surface area contributed by atoms with Gasteiger partial charge in [-0.1, -0.05) is 18.2 Å². The lowest BCUT2D eigenvalue weighted by molar-refractivity contribution is -0.186. The summed E-state index contributed by atoms with van der Waals surface area (Å²) < 4.78 is 25.8. The van der Waals surface area contributed by atoms with Crippen LogP contribution in [0.3, 0.4) is 0 Å². The monoisotopic (exact) mass is 521 g/mol. The molecule has 2 unspecified atom stereocenters. The minimum Gasteiger partial charge on any atom is -0.376 e. The van der Waals surface area contributed by atoms with Crippen LogP contribution in [0.1, 0.15) is 42.1 Å². The van der Waals surface area contributed by atoms with Gasteiger partial charge in [0, 0.05) is 61.2 Å². The number of benzene rings is 2. The van der Waals surface area contributed by atoms with Gasteiger partial charge in [-0.05, 0) is 50.1 Å². The summed E-state index contributed by atoms with van der Waals surface area (Å²) in [5.41, 5.74) is 5.59. The number of hydrogen-bond donors (Lipinski definition) is 2. The van der Waals surface area contributed by atoms with E-state index in [1.54, 1.807) is 42.6 Å². The third-order valence-corrected chi connectivity index (χ3v) is 6.55. The number of aromatic nitrogens is 2. The fourth-order valence-electron chi connectivity index (χ4n) is 4.51. The van der Waals surface area contributed by atoms with Gasteiger partial charge in [0.25, 0.3) is 5.91 Å². The number of amides is 1. The lowest BCUT2D eigenvalue weighted by atomic mass is 10.1. The number of carbonyl (C=O) groups excluding carboxylic acids is 1. The second kappa shape index (κ2) is 12.4. The molecule has 10 heteroatoms. The zero-order chi connectivity index (χ0) is 26.3. The van der Waals surface area contributed by atoms with Gasteiger partial charge >= 0.3 is 0 Å². The van der Waals surface area contributed by atoms with E-state index in [0.29, 0.717) is 48.2 Å². The first-order chi connectivity index (χ1) is 18.5. The Hall–Kier alpha value is -3.44. The maximum atomic E-state index is 14.8. The highest BCUT2D eigenvalue weighted by Crippen LogP contribution is 2.23. The molecule has 1 aromatic heterocycles. The van der Waals surface area contributed by atoms with Gasteiger partial charge < -0.3 is 14.8 Å². The molecule has 2 saturated heterocycles. The summed E-state index contributed by atoms with van der Waals surface area (Å²) in [5.74, 6) is -0.276. The summed E-state index contributed by atoms with van der Waals surface area (Å²) in [5, 5.41) is 3.08. The third-order valence-electron chi connectivity index (χ3n) is 6.55. The Morgan fingerprint density at radius 1 is 1.13 bits per heavy atom. The van der Waals surface area contributed by atoms with Crippen LogP contribution in [0.25, 0.3) is 11.3 Å². The Balaban J connectivity index is 1.19. The smallest absolute Gasteiger partial charge is 0.274 e. The second-order valence-electron chi connectivity index (χ2n) is 9.54. The van der Waals surface area contributed by atoms with Crippen LogP contribution in [0.4, 0.5) is 16.0 Å². The molecule has 2 aliphatic heterocycles. The number of halogens is 1. The average Bonchev–Trinajstić information content (AvgIpc) is 2.94. The van der Waals surface area contributed by atoms with E-state index in [9.17, 15) is 9.18 Å². The lowest BCUT2D eigenvalue weighted by Gasteiger charge is -2.31. The maximum Gasteiger partial charge on any atom is 0.274 e. The van der Waals surface area contributed by atoms with Crippen LogP contribution in [-0.4, -0.2) is 59.5 Å². The SMILES string of the molecule is CC1CN(Cc2ccc(Nc3nccc(-c4ccc(C(=O)NOC5CCCCO5)cc4)n3)cc2F)CCO1. The average molecular weight is 522 g/mol. The number of rotatable bonds is 8. The predicted molar refractivity (Wildman–Crippen MR) is 140 cm³/mol. The normalized spacial score (nSPS) is 20.2. The van der Waals surface area contributed by atoms with Gasteiger partial charge in [0.15, 0.2) is 6.29 Å². The Kier molecular flexibility index (Phi) is 8.54. The number of carbonyl (C=O) groups is 1. The Morgan fingerprint density at radius 3 is 2.76 bits per heavy atom. The molecule has 0 saturated carbocycles. The molecule has 2 fully saturated rings. The minimum absolute atomic E-state index is 0.154. The van der Waals surface area contributed by atoms with Gasteiger partial charge in [-0.25, -0.2) is 24.7 Å². The zero-order valence-electron chi connectivity index (χ0n) is 21.4. The summed E-state index contributed by atoms with van der Waals surface area (Å²) in [6, 6.07) is 13.9. The van der Waals surface area contributed by atoms with Crippen LogP contribution in [0, 0.1) is 5.82 Å². The van der Waals surface area contributed by atoms with E-state index in [0.717, 1.165) is 37.9 Å². The topological polar surface area (TPSA) is 97.8 Å². The Labute approximate surface area is 221 Å². The van der Waals surface area contributed by atoms with Gasteiger partial charge in [-0.2, -0.15) is 0 Å². The van der Waals surface area contributed by atoms with Crippen LogP contribution in [-0.2, 0) is 20.9 Å². The third kappa shape index (κ3) is 6.90. The number of hydroxylamine groups is 1. The van der Waals surface area contributed by atoms with E-state index in [-0.39, 0.29) is 17.8 Å². The standard InChI is InChI=1S/C28H32FN5O4/c1-19-17-34(13-15-36-19)18-22-9-10-23(16-24(22)29)31-28-30-12-11-25(32-28)20-5-7-21(8-6-20)27(35)33-38-26-4-2-3-14-37-26/h5-12,16,19,26H,2-4,13-15,17-18H2,1H3,(H,33,35)(H,30,31,32). The predicted octanol–water partition coefficient (Wildman–Crippen LogP) is 4.44. The molecule has 1 amide bonds. The largest absolute Gasteiger partial charge is 0.376 e. The summed E-state index contributed by atoms with van der Waals surface area (Å²) in [6.07, 6.45) is 4.16.